The standard InChI is InChI=1S/C11H21N3O/c1-13(2)10-7-14(8-10)11(15)12-9-5-3-4-6-9/h9-10H,3-8H2,1-2H3,(H,12,15). The number of likely N-dealkylation sites (N-methyl/N-ethyl adjacent to an activating group) is 1. The number of rotatable bonds is 2. The third-order valence-corrected chi connectivity index (χ3v) is 3.56. The van der Waals surface area contributed by atoms with Crippen molar-refractivity contribution in [1.29, 1.82) is 0 Å². The lowest BCUT2D eigenvalue weighted by Gasteiger charge is -2.42. The minimum Gasteiger partial charge on any atom is -0.335 e. The Morgan fingerprint density at radius 2 is 1.87 bits per heavy atom. The quantitative estimate of drug-likeness (QED) is 0.736. The lowest BCUT2D eigenvalue weighted by Crippen LogP contribution is -2.62. The third kappa shape index (κ3) is 2.43. The summed E-state index contributed by atoms with van der Waals surface area (Å²) in [6, 6.07) is 1.13. The molecule has 4 nitrogen and oxygen atoms in total. The molecule has 0 atom stereocenters. The molecule has 0 aromatic heterocycles. The van der Waals surface area contributed by atoms with Gasteiger partial charge in [0, 0.05) is 25.2 Å². The van der Waals surface area contributed by atoms with Gasteiger partial charge in [-0.25, -0.2) is 4.79 Å². The second-order valence-electron chi connectivity index (χ2n) is 4.95. The molecule has 1 aliphatic heterocycles. The smallest absolute Gasteiger partial charge is 0.317 e. The van der Waals surface area contributed by atoms with E-state index in [1.807, 2.05) is 4.90 Å². The zero-order valence-electron chi connectivity index (χ0n) is 9.70. The molecule has 2 aliphatic rings. The van der Waals surface area contributed by atoms with Gasteiger partial charge in [0.05, 0.1) is 0 Å². The van der Waals surface area contributed by atoms with Crippen molar-refractivity contribution >= 4 is 6.03 Å². The number of nitrogens with zero attached hydrogens (tertiary/aromatic N) is 2. The van der Waals surface area contributed by atoms with E-state index in [1.165, 1.54) is 12.8 Å². The summed E-state index contributed by atoms with van der Waals surface area (Å²) in [4.78, 5) is 15.8. The number of urea groups is 1. The van der Waals surface area contributed by atoms with Crippen LogP contribution in [0, 0.1) is 0 Å². The van der Waals surface area contributed by atoms with Gasteiger partial charge in [-0.1, -0.05) is 12.8 Å². The maximum Gasteiger partial charge on any atom is 0.317 e. The Labute approximate surface area is 91.6 Å². The Kier molecular flexibility index (Phi) is 3.14. The van der Waals surface area contributed by atoms with Crippen molar-refractivity contribution in [2.24, 2.45) is 0 Å². The van der Waals surface area contributed by atoms with Gasteiger partial charge >= 0.3 is 6.03 Å². The Hall–Kier alpha value is -0.770. The molecule has 1 N–H and O–H groups in total. The van der Waals surface area contributed by atoms with Crippen molar-refractivity contribution in [2.75, 3.05) is 27.2 Å². The van der Waals surface area contributed by atoms with Gasteiger partial charge < -0.3 is 15.1 Å². The van der Waals surface area contributed by atoms with Crippen LogP contribution in [0.25, 0.3) is 0 Å². The largest absolute Gasteiger partial charge is 0.335 e. The summed E-state index contributed by atoms with van der Waals surface area (Å²) < 4.78 is 0. The molecule has 86 valence electrons. The average Bonchev–Trinajstić information content (AvgIpc) is 2.52. The Morgan fingerprint density at radius 1 is 1.27 bits per heavy atom. The van der Waals surface area contributed by atoms with Gasteiger partial charge in [0.25, 0.3) is 0 Å². The Bertz CT molecular complexity index is 230. The van der Waals surface area contributed by atoms with Crippen molar-refractivity contribution < 1.29 is 4.79 Å². The van der Waals surface area contributed by atoms with Crippen LogP contribution in [0.15, 0.2) is 0 Å². The molecule has 0 aromatic rings. The van der Waals surface area contributed by atoms with Crippen LogP contribution in [-0.2, 0) is 0 Å². The van der Waals surface area contributed by atoms with E-state index < -0.39 is 0 Å². The van der Waals surface area contributed by atoms with Crippen LogP contribution < -0.4 is 5.32 Å². The van der Waals surface area contributed by atoms with Gasteiger partial charge in [0.2, 0.25) is 0 Å². The van der Waals surface area contributed by atoms with Gasteiger partial charge in [0.15, 0.2) is 0 Å². The number of amides is 2. The maximum atomic E-state index is 11.7. The molecule has 1 saturated carbocycles. The molecule has 0 unspecified atom stereocenters. The van der Waals surface area contributed by atoms with Gasteiger partial charge in [-0.3, -0.25) is 0 Å². The number of hydrogen-bond donors (Lipinski definition) is 1. The molecule has 2 rings (SSSR count). The number of nitrogens with one attached hydrogen (secondary N) is 1. The lowest BCUT2D eigenvalue weighted by atomic mass is 10.1. The highest BCUT2D eigenvalue weighted by Gasteiger charge is 2.32. The SMILES string of the molecule is CN(C)C1CN(C(=O)NC2CCCC2)C1. The highest BCUT2D eigenvalue weighted by molar-refractivity contribution is 5.75. The predicted molar refractivity (Wildman–Crippen MR) is 59.8 cm³/mol. The van der Waals surface area contributed by atoms with E-state index in [9.17, 15) is 4.79 Å². The molecule has 2 fully saturated rings. The summed E-state index contributed by atoms with van der Waals surface area (Å²) in [5, 5.41) is 3.11. The predicted octanol–water partition coefficient (Wildman–Crippen LogP) is 0.884. The fourth-order valence-electron chi connectivity index (χ4n) is 2.28. The first-order valence-electron chi connectivity index (χ1n) is 5.88. The summed E-state index contributed by atoms with van der Waals surface area (Å²) in [6.45, 7) is 1.76. The monoisotopic (exact) mass is 211 g/mol. The first-order valence-corrected chi connectivity index (χ1v) is 5.88. The van der Waals surface area contributed by atoms with E-state index >= 15 is 0 Å². The molecule has 0 bridgehead atoms. The van der Waals surface area contributed by atoms with Crippen molar-refractivity contribution in [3.8, 4) is 0 Å². The van der Waals surface area contributed by atoms with Crippen molar-refractivity contribution in [2.45, 2.75) is 37.8 Å². The fraction of sp³-hybridized carbons (Fsp3) is 0.909. The summed E-state index contributed by atoms with van der Waals surface area (Å²) >= 11 is 0. The van der Waals surface area contributed by atoms with E-state index in [0.717, 1.165) is 25.9 Å². The molecule has 4 heteroatoms. The highest BCUT2D eigenvalue weighted by Crippen LogP contribution is 2.19. The molecular weight excluding hydrogens is 190 g/mol. The van der Waals surface area contributed by atoms with Crippen LogP contribution in [0.1, 0.15) is 25.7 Å². The number of hydrogen-bond acceptors (Lipinski definition) is 2. The second-order valence-corrected chi connectivity index (χ2v) is 4.95. The van der Waals surface area contributed by atoms with E-state index in [2.05, 4.69) is 24.3 Å². The normalized spacial score (nSPS) is 23.3. The van der Waals surface area contributed by atoms with Gasteiger partial charge in [-0.05, 0) is 26.9 Å². The molecule has 0 spiro atoms. The fourth-order valence-corrected chi connectivity index (χ4v) is 2.28. The van der Waals surface area contributed by atoms with Crippen LogP contribution in [0.4, 0.5) is 4.79 Å². The summed E-state index contributed by atoms with van der Waals surface area (Å²) in [5.41, 5.74) is 0. The van der Waals surface area contributed by atoms with Crippen molar-refractivity contribution in [3.05, 3.63) is 0 Å². The molecule has 2 amide bonds. The third-order valence-electron chi connectivity index (χ3n) is 3.56. The van der Waals surface area contributed by atoms with Crippen LogP contribution in [0.5, 0.6) is 0 Å². The van der Waals surface area contributed by atoms with Crippen molar-refractivity contribution in [3.63, 3.8) is 0 Å². The Balaban J connectivity index is 1.69. The summed E-state index contributed by atoms with van der Waals surface area (Å²) in [6.07, 6.45) is 4.86. The van der Waals surface area contributed by atoms with Crippen LogP contribution >= 0.6 is 0 Å². The highest BCUT2D eigenvalue weighted by atomic mass is 16.2. The topological polar surface area (TPSA) is 35.6 Å². The van der Waals surface area contributed by atoms with E-state index in [0.29, 0.717) is 12.1 Å². The van der Waals surface area contributed by atoms with Gasteiger partial charge in [-0.15, -0.1) is 0 Å². The lowest BCUT2D eigenvalue weighted by molar-refractivity contribution is 0.0857. The molecule has 1 saturated heterocycles. The molecular formula is C11H21N3O. The van der Waals surface area contributed by atoms with E-state index in [4.69, 9.17) is 0 Å². The van der Waals surface area contributed by atoms with Crippen LogP contribution in [0.2, 0.25) is 0 Å². The Morgan fingerprint density at radius 3 is 2.40 bits per heavy atom. The molecule has 1 aliphatic carbocycles. The van der Waals surface area contributed by atoms with E-state index in [-0.39, 0.29) is 6.03 Å². The minimum atomic E-state index is 0.139. The molecule has 15 heavy (non-hydrogen) atoms. The zero-order chi connectivity index (χ0) is 10.8. The summed E-state index contributed by atoms with van der Waals surface area (Å²) in [7, 11) is 4.13. The second kappa shape index (κ2) is 4.39. The minimum absolute atomic E-state index is 0.139. The zero-order valence-corrected chi connectivity index (χ0v) is 9.70. The van der Waals surface area contributed by atoms with Gasteiger partial charge in [0.1, 0.15) is 0 Å². The average molecular weight is 211 g/mol. The number of carbonyl (C=O) groups excluding carboxylic acids is 1. The van der Waals surface area contributed by atoms with E-state index in [1.54, 1.807) is 0 Å². The van der Waals surface area contributed by atoms with Crippen LogP contribution in [-0.4, -0.2) is 55.1 Å². The molecule has 0 aromatic carbocycles. The summed E-state index contributed by atoms with van der Waals surface area (Å²) in [5.74, 6) is 0. The number of likely N-dealkylation sites (tertiary alicyclic amines) is 1. The van der Waals surface area contributed by atoms with Crippen LogP contribution in [0.3, 0.4) is 0 Å². The molecule has 1 heterocycles. The number of carbonyl (C=O) groups is 1. The first-order chi connectivity index (χ1) is 7.16. The van der Waals surface area contributed by atoms with Gasteiger partial charge in [-0.2, -0.15) is 0 Å². The first kappa shape index (κ1) is 10.7. The maximum absolute atomic E-state index is 11.7. The molecule has 0 radical (unpaired) electrons. The van der Waals surface area contributed by atoms with Crippen molar-refractivity contribution in [1.82, 2.24) is 15.1 Å².